The Morgan fingerprint density at radius 3 is 2.65 bits per heavy atom. The topological polar surface area (TPSA) is 41.6 Å². The quantitative estimate of drug-likeness (QED) is 0.757. The van der Waals surface area contributed by atoms with Gasteiger partial charge in [-0.25, -0.2) is 4.79 Å². The average molecular weight is 282 g/mol. The number of carbonyl (C=O) groups excluding carboxylic acids is 1. The van der Waals surface area contributed by atoms with Crippen LogP contribution in [0.25, 0.3) is 0 Å². The zero-order valence-electron chi connectivity index (χ0n) is 13.5. The Balaban J connectivity index is 2.12. The lowest BCUT2D eigenvalue weighted by Crippen LogP contribution is -2.62. The van der Waals surface area contributed by atoms with Crippen LogP contribution in [-0.2, 0) is 9.53 Å². The summed E-state index contributed by atoms with van der Waals surface area (Å²) < 4.78 is 5.13. The second-order valence-corrected chi connectivity index (χ2v) is 7.25. The highest BCUT2D eigenvalue weighted by molar-refractivity contribution is 5.82. The van der Waals surface area contributed by atoms with Gasteiger partial charge in [0.25, 0.3) is 0 Å². The highest BCUT2D eigenvalue weighted by atomic mass is 16.5. The van der Waals surface area contributed by atoms with Crippen molar-refractivity contribution in [2.45, 2.75) is 52.0 Å². The summed E-state index contributed by atoms with van der Waals surface area (Å²) in [6, 6.07) is 0. The molecule has 1 atom stereocenters. The molecule has 1 heterocycles. The lowest BCUT2D eigenvalue weighted by atomic mass is 9.82. The predicted molar refractivity (Wildman–Crippen MR) is 80.6 cm³/mol. The highest BCUT2D eigenvalue weighted by Crippen LogP contribution is 2.42. The summed E-state index contributed by atoms with van der Waals surface area (Å²) in [5, 5.41) is 3.47. The monoisotopic (exact) mass is 282 g/mol. The smallest absolute Gasteiger partial charge is 0.327 e. The summed E-state index contributed by atoms with van der Waals surface area (Å²) in [6.07, 6.45) is 4.78. The second-order valence-electron chi connectivity index (χ2n) is 7.25. The van der Waals surface area contributed by atoms with E-state index < -0.39 is 5.54 Å². The van der Waals surface area contributed by atoms with Crippen molar-refractivity contribution in [2.24, 2.45) is 11.3 Å². The molecule has 2 aliphatic rings. The largest absolute Gasteiger partial charge is 0.468 e. The Hall–Kier alpha value is -0.610. The van der Waals surface area contributed by atoms with Gasteiger partial charge < -0.3 is 15.0 Å². The molecule has 4 nitrogen and oxygen atoms in total. The molecule has 0 aromatic rings. The van der Waals surface area contributed by atoms with E-state index >= 15 is 0 Å². The van der Waals surface area contributed by atoms with Gasteiger partial charge in [-0.2, -0.15) is 0 Å². The van der Waals surface area contributed by atoms with Crippen LogP contribution in [0.5, 0.6) is 0 Å². The lowest BCUT2D eigenvalue weighted by Gasteiger charge is -2.43. The van der Waals surface area contributed by atoms with E-state index in [0.29, 0.717) is 11.3 Å². The Bertz CT molecular complexity index is 352. The van der Waals surface area contributed by atoms with Gasteiger partial charge >= 0.3 is 5.97 Å². The highest BCUT2D eigenvalue weighted by Gasteiger charge is 2.52. The van der Waals surface area contributed by atoms with Crippen LogP contribution in [0, 0.1) is 11.3 Å². The van der Waals surface area contributed by atoms with Crippen LogP contribution in [0.15, 0.2) is 0 Å². The maximum absolute atomic E-state index is 12.4. The molecule has 1 saturated heterocycles. The van der Waals surface area contributed by atoms with Crippen LogP contribution in [0.1, 0.15) is 46.5 Å². The SMILES string of the molecule is CCNC(CN1CCCC(C)(C)C1)(C(=O)OC)C1CC1. The van der Waals surface area contributed by atoms with Crippen LogP contribution in [0.3, 0.4) is 0 Å². The number of hydrogen-bond acceptors (Lipinski definition) is 4. The molecule has 1 unspecified atom stereocenters. The number of nitrogens with zero attached hydrogens (tertiary/aromatic N) is 1. The van der Waals surface area contributed by atoms with Crippen LogP contribution in [0.2, 0.25) is 0 Å². The number of rotatable bonds is 6. The number of piperidine rings is 1. The molecule has 0 spiro atoms. The molecule has 116 valence electrons. The van der Waals surface area contributed by atoms with E-state index in [-0.39, 0.29) is 5.97 Å². The van der Waals surface area contributed by atoms with Crippen molar-refractivity contribution < 1.29 is 9.53 Å². The van der Waals surface area contributed by atoms with E-state index in [0.717, 1.165) is 39.0 Å². The normalized spacial score (nSPS) is 26.0. The van der Waals surface area contributed by atoms with Crippen LogP contribution >= 0.6 is 0 Å². The zero-order chi connectivity index (χ0) is 14.8. The first-order valence-corrected chi connectivity index (χ1v) is 7.99. The Labute approximate surface area is 123 Å². The minimum atomic E-state index is -0.489. The molecule has 1 N–H and O–H groups in total. The molecular weight excluding hydrogens is 252 g/mol. The average Bonchev–Trinajstić information content (AvgIpc) is 3.20. The molecule has 1 saturated carbocycles. The van der Waals surface area contributed by atoms with E-state index in [1.165, 1.54) is 20.0 Å². The van der Waals surface area contributed by atoms with Gasteiger partial charge in [0.15, 0.2) is 0 Å². The molecule has 1 aliphatic heterocycles. The van der Waals surface area contributed by atoms with Gasteiger partial charge in [0.2, 0.25) is 0 Å². The lowest BCUT2D eigenvalue weighted by molar-refractivity contribution is -0.151. The van der Waals surface area contributed by atoms with Gasteiger partial charge in [-0.15, -0.1) is 0 Å². The zero-order valence-corrected chi connectivity index (χ0v) is 13.5. The maximum atomic E-state index is 12.4. The van der Waals surface area contributed by atoms with Crippen LogP contribution in [0.4, 0.5) is 0 Å². The molecule has 0 amide bonds. The number of nitrogens with one attached hydrogen (secondary N) is 1. The van der Waals surface area contributed by atoms with E-state index in [1.54, 1.807) is 0 Å². The van der Waals surface area contributed by atoms with Crippen molar-refractivity contribution in [1.29, 1.82) is 0 Å². The Kier molecular flexibility index (Phi) is 4.75. The van der Waals surface area contributed by atoms with Gasteiger partial charge in [-0.3, -0.25) is 0 Å². The van der Waals surface area contributed by atoms with Gasteiger partial charge in [0.05, 0.1) is 7.11 Å². The van der Waals surface area contributed by atoms with Crippen LogP contribution in [-0.4, -0.2) is 49.7 Å². The summed E-state index contributed by atoms with van der Waals surface area (Å²) in [5.74, 6) is 0.366. The third-order valence-corrected chi connectivity index (χ3v) is 4.77. The summed E-state index contributed by atoms with van der Waals surface area (Å²) in [6.45, 7) is 10.5. The summed E-state index contributed by atoms with van der Waals surface area (Å²) >= 11 is 0. The summed E-state index contributed by atoms with van der Waals surface area (Å²) in [5.41, 5.74) is -0.132. The van der Waals surface area contributed by atoms with Gasteiger partial charge in [-0.05, 0) is 50.1 Å². The summed E-state index contributed by atoms with van der Waals surface area (Å²) in [4.78, 5) is 14.9. The minimum absolute atomic E-state index is 0.0785. The first kappa shape index (κ1) is 15.8. The second kappa shape index (κ2) is 6.02. The molecule has 0 bridgehead atoms. The van der Waals surface area contributed by atoms with E-state index in [4.69, 9.17) is 4.74 Å². The first-order chi connectivity index (χ1) is 9.43. The third-order valence-electron chi connectivity index (χ3n) is 4.77. The van der Waals surface area contributed by atoms with Crippen molar-refractivity contribution in [3.05, 3.63) is 0 Å². The number of likely N-dealkylation sites (N-methyl/N-ethyl adjacent to an activating group) is 1. The predicted octanol–water partition coefficient (Wildman–Crippen LogP) is 2.04. The molecule has 0 aromatic carbocycles. The molecule has 2 fully saturated rings. The van der Waals surface area contributed by atoms with Crippen molar-refractivity contribution in [2.75, 3.05) is 33.3 Å². The van der Waals surface area contributed by atoms with E-state index in [9.17, 15) is 4.79 Å². The van der Waals surface area contributed by atoms with Gasteiger partial charge in [0.1, 0.15) is 5.54 Å². The number of esters is 1. The van der Waals surface area contributed by atoms with E-state index in [1.807, 2.05) is 0 Å². The Morgan fingerprint density at radius 1 is 1.45 bits per heavy atom. The van der Waals surface area contributed by atoms with Gasteiger partial charge in [0, 0.05) is 13.1 Å². The number of hydrogen-bond donors (Lipinski definition) is 1. The fraction of sp³-hybridized carbons (Fsp3) is 0.938. The number of ether oxygens (including phenoxy) is 1. The number of likely N-dealkylation sites (tertiary alicyclic amines) is 1. The van der Waals surface area contributed by atoms with Gasteiger partial charge in [-0.1, -0.05) is 20.8 Å². The molecule has 0 radical (unpaired) electrons. The first-order valence-electron chi connectivity index (χ1n) is 7.99. The molecule has 20 heavy (non-hydrogen) atoms. The molecule has 2 rings (SSSR count). The fourth-order valence-electron chi connectivity index (χ4n) is 3.74. The van der Waals surface area contributed by atoms with Crippen molar-refractivity contribution in [3.8, 4) is 0 Å². The molecular formula is C16H30N2O2. The van der Waals surface area contributed by atoms with E-state index in [2.05, 4.69) is 31.0 Å². The van der Waals surface area contributed by atoms with Crippen molar-refractivity contribution >= 4 is 5.97 Å². The number of carbonyl (C=O) groups is 1. The molecule has 1 aliphatic carbocycles. The Morgan fingerprint density at radius 2 is 2.15 bits per heavy atom. The fourth-order valence-corrected chi connectivity index (χ4v) is 3.74. The summed E-state index contributed by atoms with van der Waals surface area (Å²) in [7, 11) is 1.51. The van der Waals surface area contributed by atoms with Crippen molar-refractivity contribution in [1.82, 2.24) is 10.2 Å². The van der Waals surface area contributed by atoms with Crippen molar-refractivity contribution in [3.63, 3.8) is 0 Å². The molecule has 4 heteroatoms. The third kappa shape index (κ3) is 3.34. The van der Waals surface area contributed by atoms with Crippen LogP contribution < -0.4 is 5.32 Å². The minimum Gasteiger partial charge on any atom is -0.468 e. The maximum Gasteiger partial charge on any atom is 0.327 e. The molecule has 0 aromatic heterocycles. The number of methoxy groups -OCH3 is 1. The standard InChI is InChI=1S/C16H30N2O2/c1-5-17-16(13-7-8-13,14(19)20-4)12-18-10-6-9-15(2,3)11-18/h13,17H,5-12H2,1-4H3.